The molecule has 17 heavy (non-hydrogen) atoms. The van der Waals surface area contributed by atoms with Gasteiger partial charge in [0.05, 0.1) is 7.11 Å². The Morgan fingerprint density at radius 1 is 1.29 bits per heavy atom. The maximum Gasteiger partial charge on any atom is 0.328 e. The van der Waals surface area contributed by atoms with Gasteiger partial charge in [0.1, 0.15) is 6.04 Å². The summed E-state index contributed by atoms with van der Waals surface area (Å²) < 4.78 is 4.55. The smallest absolute Gasteiger partial charge is 0.328 e. The predicted molar refractivity (Wildman–Crippen MR) is 64.9 cm³/mol. The van der Waals surface area contributed by atoms with Gasteiger partial charge < -0.3 is 10.1 Å². The van der Waals surface area contributed by atoms with E-state index in [2.05, 4.69) is 10.1 Å². The summed E-state index contributed by atoms with van der Waals surface area (Å²) in [6.07, 6.45) is 0. The number of carbonyl (C=O) groups excluding carboxylic acids is 2. The zero-order chi connectivity index (χ0) is 13.0. The number of esters is 1. The molecule has 0 aliphatic carbocycles. The highest BCUT2D eigenvalue weighted by atomic mass is 16.5. The number of carbonyl (C=O) groups is 2. The van der Waals surface area contributed by atoms with Crippen molar-refractivity contribution < 1.29 is 14.3 Å². The number of aryl methyl sites for hydroxylation is 2. The lowest BCUT2D eigenvalue weighted by atomic mass is 10.0. The standard InChI is InChI=1S/C13H17NO3/c1-8-5-6-9(2)11(7-8)12(15)14-10(3)13(16)17-4/h5-7,10H,1-4H3,(H,14,15)/t10-/m0/s1. The minimum absolute atomic E-state index is 0.260. The van der Waals surface area contributed by atoms with Gasteiger partial charge in [-0.25, -0.2) is 4.79 Å². The van der Waals surface area contributed by atoms with Crippen LogP contribution < -0.4 is 5.32 Å². The molecule has 1 aromatic rings. The first-order valence-corrected chi connectivity index (χ1v) is 5.41. The van der Waals surface area contributed by atoms with Crippen molar-refractivity contribution in [2.75, 3.05) is 7.11 Å². The Morgan fingerprint density at radius 2 is 1.94 bits per heavy atom. The third-order valence-electron chi connectivity index (χ3n) is 2.54. The molecule has 0 aromatic heterocycles. The molecule has 4 heteroatoms. The second-order valence-corrected chi connectivity index (χ2v) is 4.04. The first kappa shape index (κ1) is 13.2. The summed E-state index contributed by atoms with van der Waals surface area (Å²) in [5, 5.41) is 2.60. The van der Waals surface area contributed by atoms with E-state index in [1.54, 1.807) is 13.0 Å². The molecule has 0 aliphatic rings. The van der Waals surface area contributed by atoms with Crippen LogP contribution >= 0.6 is 0 Å². The third-order valence-corrected chi connectivity index (χ3v) is 2.54. The molecule has 1 N–H and O–H groups in total. The summed E-state index contributed by atoms with van der Waals surface area (Å²) in [5.74, 6) is -0.715. The van der Waals surface area contributed by atoms with Gasteiger partial charge in [0.25, 0.3) is 5.91 Å². The highest BCUT2D eigenvalue weighted by molar-refractivity contribution is 5.98. The quantitative estimate of drug-likeness (QED) is 0.809. The van der Waals surface area contributed by atoms with Crippen LogP contribution in [0.15, 0.2) is 18.2 Å². The van der Waals surface area contributed by atoms with Crippen molar-refractivity contribution in [3.05, 3.63) is 34.9 Å². The molecule has 0 bridgehead atoms. The summed E-state index contributed by atoms with van der Waals surface area (Å²) in [5.41, 5.74) is 2.47. The van der Waals surface area contributed by atoms with Crippen molar-refractivity contribution in [2.45, 2.75) is 26.8 Å². The van der Waals surface area contributed by atoms with Crippen molar-refractivity contribution in [3.8, 4) is 0 Å². The van der Waals surface area contributed by atoms with Crippen molar-refractivity contribution in [1.82, 2.24) is 5.32 Å². The average molecular weight is 235 g/mol. The SMILES string of the molecule is COC(=O)[C@H](C)NC(=O)c1cc(C)ccc1C. The van der Waals surface area contributed by atoms with E-state index in [0.717, 1.165) is 11.1 Å². The number of hydrogen-bond acceptors (Lipinski definition) is 3. The Kier molecular flexibility index (Phi) is 4.26. The summed E-state index contributed by atoms with van der Waals surface area (Å²) >= 11 is 0. The summed E-state index contributed by atoms with van der Waals surface area (Å²) in [7, 11) is 1.29. The molecule has 0 aliphatic heterocycles. The molecule has 1 atom stereocenters. The molecule has 1 rings (SSSR count). The summed E-state index contributed by atoms with van der Waals surface area (Å²) in [4.78, 5) is 23.1. The van der Waals surface area contributed by atoms with E-state index in [1.165, 1.54) is 7.11 Å². The fourth-order valence-corrected chi connectivity index (χ4v) is 1.49. The normalized spacial score (nSPS) is 11.8. The molecule has 1 aromatic carbocycles. The molecule has 1 amide bonds. The third kappa shape index (κ3) is 3.31. The molecule has 0 saturated carbocycles. The van der Waals surface area contributed by atoms with Gasteiger partial charge in [-0.2, -0.15) is 0 Å². The maximum absolute atomic E-state index is 11.9. The van der Waals surface area contributed by atoms with Crippen LogP contribution in [0.1, 0.15) is 28.4 Å². The van der Waals surface area contributed by atoms with Crippen LogP contribution in [0.25, 0.3) is 0 Å². The van der Waals surface area contributed by atoms with E-state index < -0.39 is 12.0 Å². The minimum Gasteiger partial charge on any atom is -0.467 e. The Morgan fingerprint density at radius 3 is 2.53 bits per heavy atom. The van der Waals surface area contributed by atoms with E-state index in [-0.39, 0.29) is 5.91 Å². The molecule has 4 nitrogen and oxygen atoms in total. The van der Waals surface area contributed by atoms with Crippen LogP contribution in [0.5, 0.6) is 0 Å². The van der Waals surface area contributed by atoms with E-state index in [4.69, 9.17) is 0 Å². The summed E-state index contributed by atoms with van der Waals surface area (Å²) in [6, 6.07) is 4.98. The minimum atomic E-state index is -0.646. The molecule has 0 radical (unpaired) electrons. The second kappa shape index (κ2) is 5.48. The molecule has 0 unspecified atom stereocenters. The van der Waals surface area contributed by atoms with E-state index >= 15 is 0 Å². The molecule has 0 saturated heterocycles. The number of hydrogen-bond donors (Lipinski definition) is 1. The van der Waals surface area contributed by atoms with Crippen molar-refractivity contribution >= 4 is 11.9 Å². The van der Waals surface area contributed by atoms with Crippen molar-refractivity contribution in [3.63, 3.8) is 0 Å². The van der Waals surface area contributed by atoms with Crippen molar-refractivity contribution in [2.24, 2.45) is 0 Å². The Balaban J connectivity index is 2.83. The van der Waals surface area contributed by atoms with Crippen molar-refractivity contribution in [1.29, 1.82) is 0 Å². The van der Waals surface area contributed by atoms with E-state index in [9.17, 15) is 9.59 Å². The first-order chi connectivity index (χ1) is 7.95. The Hall–Kier alpha value is -1.84. The number of rotatable bonds is 3. The molecule has 0 heterocycles. The zero-order valence-corrected chi connectivity index (χ0v) is 10.5. The monoisotopic (exact) mass is 235 g/mol. The highest BCUT2D eigenvalue weighted by Crippen LogP contribution is 2.10. The highest BCUT2D eigenvalue weighted by Gasteiger charge is 2.17. The molecular weight excluding hydrogens is 218 g/mol. The van der Waals surface area contributed by atoms with Gasteiger partial charge in [-0.1, -0.05) is 17.7 Å². The van der Waals surface area contributed by atoms with Gasteiger partial charge in [-0.15, -0.1) is 0 Å². The van der Waals surface area contributed by atoms with Gasteiger partial charge in [-0.3, -0.25) is 4.79 Å². The largest absolute Gasteiger partial charge is 0.467 e. The first-order valence-electron chi connectivity index (χ1n) is 5.41. The topological polar surface area (TPSA) is 55.4 Å². The number of ether oxygens (including phenoxy) is 1. The second-order valence-electron chi connectivity index (χ2n) is 4.04. The fourth-order valence-electron chi connectivity index (χ4n) is 1.49. The van der Waals surface area contributed by atoms with E-state index in [0.29, 0.717) is 5.56 Å². The molecular formula is C13H17NO3. The number of methoxy groups -OCH3 is 1. The van der Waals surface area contributed by atoms with Crippen LogP contribution in [0.4, 0.5) is 0 Å². The average Bonchev–Trinajstić information content (AvgIpc) is 2.30. The molecule has 92 valence electrons. The predicted octanol–water partition coefficient (Wildman–Crippen LogP) is 1.59. The van der Waals surface area contributed by atoms with Crippen LogP contribution in [-0.2, 0) is 9.53 Å². The lowest BCUT2D eigenvalue weighted by Gasteiger charge is -2.13. The fraction of sp³-hybridized carbons (Fsp3) is 0.385. The molecule has 0 fully saturated rings. The lowest BCUT2D eigenvalue weighted by Crippen LogP contribution is -2.39. The van der Waals surface area contributed by atoms with Crippen LogP contribution in [0.2, 0.25) is 0 Å². The van der Waals surface area contributed by atoms with Crippen LogP contribution in [-0.4, -0.2) is 25.0 Å². The van der Waals surface area contributed by atoms with Crippen LogP contribution in [0, 0.1) is 13.8 Å². The molecule has 0 spiro atoms. The number of amides is 1. The number of benzene rings is 1. The van der Waals surface area contributed by atoms with E-state index in [1.807, 2.05) is 26.0 Å². The van der Waals surface area contributed by atoms with Gasteiger partial charge >= 0.3 is 5.97 Å². The lowest BCUT2D eigenvalue weighted by molar-refractivity contribution is -0.142. The Bertz CT molecular complexity index is 440. The number of nitrogens with one attached hydrogen (secondary N) is 1. The summed E-state index contributed by atoms with van der Waals surface area (Å²) in [6.45, 7) is 5.37. The zero-order valence-electron chi connectivity index (χ0n) is 10.5. The maximum atomic E-state index is 11.9. The van der Waals surface area contributed by atoms with Gasteiger partial charge in [0, 0.05) is 5.56 Å². The van der Waals surface area contributed by atoms with Gasteiger partial charge in [-0.05, 0) is 32.4 Å². The van der Waals surface area contributed by atoms with Crippen LogP contribution in [0.3, 0.4) is 0 Å². The van der Waals surface area contributed by atoms with Gasteiger partial charge in [0.15, 0.2) is 0 Å². The Labute approximate surface area is 101 Å². The van der Waals surface area contributed by atoms with Gasteiger partial charge in [0.2, 0.25) is 0 Å².